The molecule has 6 N–H and O–H groups in total. The minimum atomic E-state index is -1.58. The summed E-state index contributed by atoms with van der Waals surface area (Å²) in [5.74, 6) is -0.183. The van der Waals surface area contributed by atoms with E-state index in [2.05, 4.69) is 79.9 Å². The molecule has 1 amide bonds. The molecule has 1 aliphatic rings. The molecule has 1 saturated heterocycles. The van der Waals surface area contributed by atoms with Gasteiger partial charge in [0.2, 0.25) is 5.91 Å². The maximum Gasteiger partial charge on any atom is 0.305 e. The molecule has 11 heteroatoms. The van der Waals surface area contributed by atoms with E-state index in [9.17, 15) is 35.1 Å². The van der Waals surface area contributed by atoms with Crippen LogP contribution >= 0.6 is 0 Å². The van der Waals surface area contributed by atoms with Gasteiger partial charge in [0.05, 0.1) is 32.0 Å². The lowest BCUT2D eigenvalue weighted by molar-refractivity contribution is -0.302. The van der Waals surface area contributed by atoms with Gasteiger partial charge in [0.15, 0.2) is 6.29 Å². The Balaban J connectivity index is 1.87. The number of nitrogens with one attached hydrogen (secondary N) is 1. The SMILES string of the molecule is CC/C=C/CC/C=C/CC/C=C/C(O)C(COC1OC(CO)C(O)C(O)C1O)NC(=O)CCCCCCCCCCCCCCCCCCC/C=C\C/C=C\CCCCCCCCCCCCCCCOC(=O)CCCCCCCCCCC/C=C\CCCCCCCC. The van der Waals surface area contributed by atoms with Crippen molar-refractivity contribution in [2.75, 3.05) is 19.8 Å². The predicted octanol–water partition coefficient (Wildman–Crippen LogP) is 21.8. The number of aliphatic hydroxyl groups excluding tert-OH is 5. The van der Waals surface area contributed by atoms with Gasteiger partial charge >= 0.3 is 5.97 Å². The lowest BCUT2D eigenvalue weighted by Gasteiger charge is -2.40. The summed E-state index contributed by atoms with van der Waals surface area (Å²) < 4.78 is 16.7. The van der Waals surface area contributed by atoms with Crippen molar-refractivity contribution in [3.05, 3.63) is 72.9 Å². The molecule has 548 valence electrons. The summed E-state index contributed by atoms with van der Waals surface area (Å²) >= 11 is 0. The molecule has 11 nitrogen and oxygen atoms in total. The van der Waals surface area contributed by atoms with Crippen LogP contribution in [0, 0.1) is 0 Å². The van der Waals surface area contributed by atoms with Gasteiger partial charge in [0.1, 0.15) is 24.4 Å². The minimum absolute atomic E-state index is 0.0119. The molecule has 94 heavy (non-hydrogen) atoms. The van der Waals surface area contributed by atoms with Crippen LogP contribution in [0.25, 0.3) is 0 Å². The van der Waals surface area contributed by atoms with Crippen LogP contribution in [0.4, 0.5) is 0 Å². The first kappa shape index (κ1) is 89.1. The van der Waals surface area contributed by atoms with Gasteiger partial charge in [-0.1, -0.05) is 331 Å². The van der Waals surface area contributed by atoms with Crippen molar-refractivity contribution in [1.82, 2.24) is 5.32 Å². The average Bonchev–Trinajstić information content (AvgIpc) is 0.852. The first-order chi connectivity index (χ1) is 46.2. The quantitative estimate of drug-likeness (QED) is 0.0195. The summed E-state index contributed by atoms with van der Waals surface area (Å²) in [6.07, 6.45) is 88.2. The zero-order valence-electron chi connectivity index (χ0n) is 61.2. The molecule has 0 radical (unpaired) electrons. The summed E-state index contributed by atoms with van der Waals surface area (Å²) in [5.41, 5.74) is 0. The number of aliphatic hydroxyl groups is 5. The summed E-state index contributed by atoms with van der Waals surface area (Å²) in [5, 5.41) is 54.3. The molecule has 1 rings (SSSR count). The predicted molar refractivity (Wildman–Crippen MR) is 398 cm³/mol. The number of hydrogen-bond donors (Lipinski definition) is 6. The normalized spacial score (nSPS) is 17.8. The standard InChI is InChI=1S/C83H151NO10/c1-3-5-7-9-11-13-15-16-17-18-38-42-45-48-51-55-59-63-67-71-79(88)92-72-68-64-60-56-52-49-46-43-40-37-35-33-31-29-27-25-23-21-19-20-22-24-26-28-30-32-34-36-39-41-44-47-50-54-58-62-66-70-78(87)84-75(74-93-83-82(91)81(90)80(89)77(73-85)94-83)76(86)69-65-61-57-53-14-12-10-8-6-4-2/h6,8,14,16-17,19,21,25,27,53,65,69,75-77,80-83,85-86,89-91H,3-5,7,9-13,15,18,20,22-24,26,28-52,54-64,66-68,70-74H2,1-2H3,(H,84,87)/b8-6+,17-16-,21-19-,27-25-,53-14+,69-65+. The number of allylic oxidation sites excluding steroid dienone is 11. The van der Waals surface area contributed by atoms with E-state index in [0.29, 0.717) is 19.4 Å². The van der Waals surface area contributed by atoms with Crippen LogP contribution in [0.15, 0.2) is 72.9 Å². The van der Waals surface area contributed by atoms with E-state index < -0.39 is 49.5 Å². The van der Waals surface area contributed by atoms with Crippen molar-refractivity contribution in [1.29, 1.82) is 0 Å². The first-order valence-electron chi connectivity index (χ1n) is 40.2. The van der Waals surface area contributed by atoms with Crippen LogP contribution in [0.3, 0.4) is 0 Å². The summed E-state index contributed by atoms with van der Waals surface area (Å²) in [6, 6.07) is -0.833. The van der Waals surface area contributed by atoms with Crippen LogP contribution in [0.1, 0.15) is 380 Å². The van der Waals surface area contributed by atoms with E-state index in [1.54, 1.807) is 6.08 Å². The third kappa shape index (κ3) is 59.2. The van der Waals surface area contributed by atoms with Gasteiger partial charge in [0, 0.05) is 12.8 Å². The Bertz CT molecular complexity index is 1790. The van der Waals surface area contributed by atoms with Crippen LogP contribution in [0.2, 0.25) is 0 Å². The van der Waals surface area contributed by atoms with Gasteiger partial charge in [-0.3, -0.25) is 9.59 Å². The average molecular weight is 1320 g/mol. The molecule has 7 unspecified atom stereocenters. The second-order valence-corrected chi connectivity index (χ2v) is 27.7. The molecule has 0 aliphatic carbocycles. The molecule has 7 atom stereocenters. The molecule has 0 spiro atoms. The Morgan fingerprint density at radius 3 is 1.17 bits per heavy atom. The number of esters is 1. The molecule has 0 aromatic carbocycles. The topological polar surface area (TPSA) is 175 Å². The van der Waals surface area contributed by atoms with E-state index >= 15 is 0 Å². The highest BCUT2D eigenvalue weighted by Gasteiger charge is 2.44. The maximum absolute atomic E-state index is 13.0. The number of rotatable bonds is 71. The maximum atomic E-state index is 13.0. The summed E-state index contributed by atoms with van der Waals surface area (Å²) in [4.78, 5) is 25.2. The third-order valence-corrected chi connectivity index (χ3v) is 18.8. The fourth-order valence-corrected chi connectivity index (χ4v) is 12.5. The van der Waals surface area contributed by atoms with Crippen molar-refractivity contribution in [3.8, 4) is 0 Å². The molecule has 0 bridgehead atoms. The molecule has 1 heterocycles. The lowest BCUT2D eigenvalue weighted by Crippen LogP contribution is -2.60. The molecule has 0 saturated carbocycles. The molecule has 0 aromatic heterocycles. The van der Waals surface area contributed by atoms with Gasteiger partial charge in [-0.05, 0) is 109 Å². The fourth-order valence-electron chi connectivity index (χ4n) is 12.5. The Morgan fingerprint density at radius 2 is 0.755 bits per heavy atom. The number of hydrogen-bond acceptors (Lipinski definition) is 10. The minimum Gasteiger partial charge on any atom is -0.466 e. The van der Waals surface area contributed by atoms with E-state index in [4.69, 9.17) is 14.2 Å². The molecule has 1 aliphatic heterocycles. The van der Waals surface area contributed by atoms with Crippen molar-refractivity contribution < 1.29 is 49.3 Å². The Kier molecular flexibility index (Phi) is 67.7. The van der Waals surface area contributed by atoms with E-state index in [0.717, 1.165) is 77.0 Å². The number of carbonyl (C=O) groups is 2. The Labute approximate surface area is 579 Å². The monoisotopic (exact) mass is 1320 g/mol. The van der Waals surface area contributed by atoms with Crippen molar-refractivity contribution >= 4 is 11.9 Å². The van der Waals surface area contributed by atoms with Crippen LogP contribution in [-0.2, 0) is 23.8 Å². The van der Waals surface area contributed by atoms with Gasteiger partial charge in [0.25, 0.3) is 0 Å². The van der Waals surface area contributed by atoms with Crippen LogP contribution < -0.4 is 5.32 Å². The van der Waals surface area contributed by atoms with Gasteiger partial charge < -0.3 is 45.1 Å². The zero-order valence-corrected chi connectivity index (χ0v) is 61.2. The molecular weight excluding hydrogens is 1170 g/mol. The highest BCUT2D eigenvalue weighted by Crippen LogP contribution is 2.24. The van der Waals surface area contributed by atoms with Gasteiger partial charge in [-0.2, -0.15) is 0 Å². The zero-order chi connectivity index (χ0) is 67.9. The molecular formula is C83H151NO10. The highest BCUT2D eigenvalue weighted by atomic mass is 16.7. The number of unbranched alkanes of at least 4 members (excludes halogenated alkanes) is 47. The summed E-state index contributed by atoms with van der Waals surface area (Å²) in [6.45, 7) is 4.23. The first-order valence-corrected chi connectivity index (χ1v) is 40.2. The van der Waals surface area contributed by atoms with Gasteiger partial charge in [-0.25, -0.2) is 0 Å². The molecule has 0 aromatic rings. The fraction of sp³-hybridized carbons (Fsp3) is 0.831. The van der Waals surface area contributed by atoms with Crippen molar-refractivity contribution in [2.45, 2.75) is 423 Å². The number of amides is 1. The van der Waals surface area contributed by atoms with Crippen LogP contribution in [-0.4, -0.2) is 100 Å². The Hall–Kier alpha value is -2.90. The number of ether oxygens (including phenoxy) is 3. The largest absolute Gasteiger partial charge is 0.466 e. The number of carbonyl (C=O) groups excluding carboxylic acids is 2. The second kappa shape index (κ2) is 71.4. The lowest BCUT2D eigenvalue weighted by atomic mass is 9.99. The van der Waals surface area contributed by atoms with Crippen molar-refractivity contribution in [2.24, 2.45) is 0 Å². The smallest absolute Gasteiger partial charge is 0.305 e. The summed E-state index contributed by atoms with van der Waals surface area (Å²) in [7, 11) is 0. The van der Waals surface area contributed by atoms with E-state index in [-0.39, 0.29) is 18.5 Å². The Morgan fingerprint density at radius 1 is 0.404 bits per heavy atom. The second-order valence-electron chi connectivity index (χ2n) is 27.7. The van der Waals surface area contributed by atoms with E-state index in [1.165, 1.54) is 276 Å². The molecule has 1 fully saturated rings. The van der Waals surface area contributed by atoms with Gasteiger partial charge in [-0.15, -0.1) is 0 Å². The van der Waals surface area contributed by atoms with Crippen LogP contribution in [0.5, 0.6) is 0 Å². The third-order valence-electron chi connectivity index (χ3n) is 18.8. The van der Waals surface area contributed by atoms with E-state index in [1.807, 2.05) is 6.08 Å². The van der Waals surface area contributed by atoms with Crippen molar-refractivity contribution in [3.63, 3.8) is 0 Å². The highest BCUT2D eigenvalue weighted by molar-refractivity contribution is 5.76.